The molecule has 0 spiro atoms. The smallest absolute Gasteiger partial charge is 0.0640 e. The molecule has 1 aromatic rings. The molecule has 1 aliphatic heterocycles. The molecule has 2 nitrogen and oxygen atoms in total. The summed E-state index contributed by atoms with van der Waals surface area (Å²) in [7, 11) is 0. The molecule has 0 aromatic heterocycles. The molecule has 0 amide bonds. The first-order valence-corrected chi connectivity index (χ1v) is 8.11. The summed E-state index contributed by atoms with van der Waals surface area (Å²) in [5.74, 6) is 1.36. The molecule has 0 aliphatic carbocycles. The predicted octanol–water partition coefficient (Wildman–Crippen LogP) is 4.36. The van der Waals surface area contributed by atoms with Crippen molar-refractivity contribution in [3.05, 3.63) is 33.8 Å². The third-order valence-electron chi connectivity index (χ3n) is 4.61. The number of halogens is 2. The molecule has 4 atom stereocenters. The van der Waals surface area contributed by atoms with Gasteiger partial charge < -0.3 is 5.73 Å². The molecule has 0 saturated carbocycles. The molecule has 4 unspecified atom stereocenters. The van der Waals surface area contributed by atoms with Crippen LogP contribution in [0.25, 0.3) is 0 Å². The third-order valence-corrected chi connectivity index (χ3v) is 5.44. The van der Waals surface area contributed by atoms with Crippen molar-refractivity contribution in [3.63, 3.8) is 0 Å². The lowest BCUT2D eigenvalue weighted by Crippen LogP contribution is -2.49. The molecule has 20 heavy (non-hydrogen) atoms. The molecular weight excluding hydrogens is 291 g/mol. The normalized spacial score (nSPS) is 29.4. The number of piperidine rings is 1. The van der Waals surface area contributed by atoms with Crippen molar-refractivity contribution in [2.45, 2.75) is 39.3 Å². The number of nitrogens with two attached hydrogens (primary N) is 1. The van der Waals surface area contributed by atoms with Crippen LogP contribution >= 0.6 is 23.2 Å². The summed E-state index contributed by atoms with van der Waals surface area (Å²) in [5, 5.41) is 1.25. The maximum Gasteiger partial charge on any atom is 0.0640 e. The van der Waals surface area contributed by atoms with E-state index >= 15 is 0 Å². The molecule has 0 bridgehead atoms. The van der Waals surface area contributed by atoms with Crippen LogP contribution in [0.15, 0.2) is 18.2 Å². The van der Waals surface area contributed by atoms with E-state index in [0.29, 0.717) is 34.5 Å². The Balaban J connectivity index is 2.33. The Hall–Kier alpha value is -0.280. The number of nitrogens with zero attached hydrogens (tertiary/aromatic N) is 1. The minimum absolute atomic E-state index is 0.140. The first kappa shape index (κ1) is 16.1. The number of rotatable bonds is 3. The quantitative estimate of drug-likeness (QED) is 0.898. The lowest BCUT2D eigenvalue weighted by molar-refractivity contribution is 0.0425. The number of benzene rings is 1. The topological polar surface area (TPSA) is 29.3 Å². The van der Waals surface area contributed by atoms with Crippen LogP contribution in [-0.2, 0) is 0 Å². The van der Waals surface area contributed by atoms with Crippen LogP contribution in [-0.4, -0.2) is 24.0 Å². The summed E-state index contributed by atoms with van der Waals surface area (Å²) in [6, 6.07) is 6.47. The summed E-state index contributed by atoms with van der Waals surface area (Å²) in [4.78, 5) is 2.50. The van der Waals surface area contributed by atoms with Crippen LogP contribution < -0.4 is 5.73 Å². The fraction of sp³-hybridized carbons (Fsp3) is 0.625. The van der Waals surface area contributed by atoms with Gasteiger partial charge in [0.05, 0.1) is 10.0 Å². The van der Waals surface area contributed by atoms with Crippen LogP contribution in [0.3, 0.4) is 0 Å². The second kappa shape index (κ2) is 6.65. The number of hydrogen-bond donors (Lipinski definition) is 1. The molecule has 2 rings (SSSR count). The van der Waals surface area contributed by atoms with E-state index in [1.165, 1.54) is 6.42 Å². The van der Waals surface area contributed by atoms with Gasteiger partial charge in [0.25, 0.3) is 0 Å². The van der Waals surface area contributed by atoms with Crippen molar-refractivity contribution in [1.82, 2.24) is 4.90 Å². The molecule has 1 aliphatic rings. The van der Waals surface area contributed by atoms with Gasteiger partial charge in [0.15, 0.2) is 0 Å². The first-order valence-electron chi connectivity index (χ1n) is 7.35. The summed E-state index contributed by atoms with van der Waals surface area (Å²) in [5.41, 5.74) is 7.12. The standard InChI is InChI=1S/C16H24Cl2N2/c1-10-7-11(2)12(3)20(9-10)15(8-19)13-5-4-6-14(17)16(13)18/h4-6,10-12,15H,7-9,19H2,1-3H3. The highest BCUT2D eigenvalue weighted by atomic mass is 35.5. The Morgan fingerprint density at radius 2 is 2.00 bits per heavy atom. The fourth-order valence-electron chi connectivity index (χ4n) is 3.39. The van der Waals surface area contributed by atoms with E-state index in [-0.39, 0.29) is 6.04 Å². The first-order chi connectivity index (χ1) is 9.45. The summed E-state index contributed by atoms with van der Waals surface area (Å²) in [6.45, 7) is 8.54. The molecule has 1 fully saturated rings. The second-order valence-corrected chi connectivity index (χ2v) is 6.94. The highest BCUT2D eigenvalue weighted by molar-refractivity contribution is 6.42. The monoisotopic (exact) mass is 314 g/mol. The van der Waals surface area contributed by atoms with E-state index in [1.54, 1.807) is 0 Å². The zero-order valence-electron chi connectivity index (χ0n) is 12.4. The molecule has 1 heterocycles. The highest BCUT2D eigenvalue weighted by Crippen LogP contribution is 2.37. The highest BCUT2D eigenvalue weighted by Gasteiger charge is 2.34. The van der Waals surface area contributed by atoms with Crippen molar-refractivity contribution < 1.29 is 0 Å². The van der Waals surface area contributed by atoms with E-state index in [4.69, 9.17) is 28.9 Å². The number of hydrogen-bond acceptors (Lipinski definition) is 2. The van der Waals surface area contributed by atoms with Gasteiger partial charge >= 0.3 is 0 Å². The zero-order valence-corrected chi connectivity index (χ0v) is 14.0. The van der Waals surface area contributed by atoms with Crippen molar-refractivity contribution in [1.29, 1.82) is 0 Å². The van der Waals surface area contributed by atoms with Crippen LogP contribution in [0.2, 0.25) is 10.0 Å². The van der Waals surface area contributed by atoms with Gasteiger partial charge in [-0.05, 0) is 36.8 Å². The van der Waals surface area contributed by atoms with E-state index in [0.717, 1.165) is 12.1 Å². The van der Waals surface area contributed by atoms with E-state index < -0.39 is 0 Å². The van der Waals surface area contributed by atoms with Gasteiger partial charge in [-0.3, -0.25) is 4.90 Å². The molecule has 1 aromatic carbocycles. The summed E-state index contributed by atoms with van der Waals surface area (Å²) in [6.07, 6.45) is 1.28. The van der Waals surface area contributed by atoms with E-state index in [2.05, 4.69) is 25.7 Å². The molecule has 112 valence electrons. The van der Waals surface area contributed by atoms with Crippen molar-refractivity contribution in [2.24, 2.45) is 17.6 Å². The van der Waals surface area contributed by atoms with Crippen LogP contribution in [0.1, 0.15) is 38.8 Å². The maximum atomic E-state index is 6.39. The molecule has 0 radical (unpaired) electrons. The molecule has 4 heteroatoms. The average molecular weight is 315 g/mol. The summed E-state index contributed by atoms with van der Waals surface area (Å²) < 4.78 is 0. The lowest BCUT2D eigenvalue weighted by atomic mass is 9.84. The SMILES string of the molecule is CC1CC(C)C(C)N(C(CN)c2cccc(Cl)c2Cl)C1. The maximum absolute atomic E-state index is 6.39. The van der Waals surface area contributed by atoms with Gasteiger partial charge in [-0.2, -0.15) is 0 Å². The Labute approximate surface area is 132 Å². The van der Waals surface area contributed by atoms with Crippen molar-refractivity contribution >= 4 is 23.2 Å². The van der Waals surface area contributed by atoms with Gasteiger partial charge in [0.1, 0.15) is 0 Å². The van der Waals surface area contributed by atoms with Crippen molar-refractivity contribution in [2.75, 3.05) is 13.1 Å². The predicted molar refractivity (Wildman–Crippen MR) is 87.4 cm³/mol. The Kier molecular flexibility index (Phi) is 5.36. The van der Waals surface area contributed by atoms with Gasteiger partial charge in [-0.25, -0.2) is 0 Å². The molecule has 1 saturated heterocycles. The minimum atomic E-state index is 0.140. The minimum Gasteiger partial charge on any atom is -0.329 e. The number of likely N-dealkylation sites (tertiary alicyclic amines) is 1. The Morgan fingerprint density at radius 1 is 1.30 bits per heavy atom. The van der Waals surface area contributed by atoms with Crippen LogP contribution in [0, 0.1) is 11.8 Å². The summed E-state index contributed by atoms with van der Waals surface area (Å²) >= 11 is 12.5. The van der Waals surface area contributed by atoms with E-state index in [9.17, 15) is 0 Å². The van der Waals surface area contributed by atoms with Gasteiger partial charge in [0, 0.05) is 25.2 Å². The third kappa shape index (κ3) is 3.14. The Morgan fingerprint density at radius 3 is 2.65 bits per heavy atom. The fourth-order valence-corrected chi connectivity index (χ4v) is 3.82. The zero-order chi connectivity index (χ0) is 14.9. The van der Waals surface area contributed by atoms with E-state index in [1.807, 2.05) is 18.2 Å². The van der Waals surface area contributed by atoms with Crippen LogP contribution in [0.4, 0.5) is 0 Å². The second-order valence-electron chi connectivity index (χ2n) is 6.15. The molecular formula is C16H24Cl2N2. The van der Waals surface area contributed by atoms with Gasteiger partial charge in [0.2, 0.25) is 0 Å². The largest absolute Gasteiger partial charge is 0.329 e. The average Bonchev–Trinajstić information content (AvgIpc) is 2.40. The van der Waals surface area contributed by atoms with Gasteiger partial charge in [-0.1, -0.05) is 49.2 Å². The Bertz CT molecular complexity index is 464. The van der Waals surface area contributed by atoms with Crippen molar-refractivity contribution in [3.8, 4) is 0 Å². The molecule has 2 N–H and O–H groups in total. The lowest BCUT2D eigenvalue weighted by Gasteiger charge is -2.45. The van der Waals surface area contributed by atoms with Gasteiger partial charge in [-0.15, -0.1) is 0 Å². The van der Waals surface area contributed by atoms with Crippen LogP contribution in [0.5, 0.6) is 0 Å².